The van der Waals surface area contributed by atoms with Crippen LogP contribution in [-0.2, 0) is 0 Å². The number of nitrogens with one attached hydrogen (secondary N) is 1. The maximum Gasteiger partial charge on any atom is 0.327 e. The number of amides is 2. The van der Waals surface area contributed by atoms with E-state index in [1.807, 2.05) is 36.4 Å². The van der Waals surface area contributed by atoms with E-state index in [1.165, 1.54) is 0 Å². The van der Waals surface area contributed by atoms with Gasteiger partial charge in [-0.2, -0.15) is 0 Å². The van der Waals surface area contributed by atoms with Crippen LogP contribution in [0.4, 0.5) is 16.2 Å². The van der Waals surface area contributed by atoms with Crippen molar-refractivity contribution in [3.05, 3.63) is 77.7 Å². The van der Waals surface area contributed by atoms with Crippen LogP contribution in [0, 0.1) is 0 Å². The third-order valence-electron chi connectivity index (χ3n) is 3.68. The van der Waals surface area contributed by atoms with E-state index < -0.39 is 0 Å². The molecule has 4 rings (SSSR count). The summed E-state index contributed by atoms with van der Waals surface area (Å²) < 4.78 is 5.53. The minimum absolute atomic E-state index is 0.226. The molecule has 2 amide bonds. The van der Waals surface area contributed by atoms with E-state index >= 15 is 0 Å². The molecule has 6 heteroatoms. The van der Waals surface area contributed by atoms with Crippen LogP contribution >= 0.6 is 23.4 Å². The zero-order valence-corrected chi connectivity index (χ0v) is 14.1. The van der Waals surface area contributed by atoms with Gasteiger partial charge in [-0.15, -0.1) is 0 Å². The normalized spacial score (nSPS) is 16.0. The average Bonchev–Trinajstić information content (AvgIpc) is 3.22. The number of nitrogens with zero attached hydrogens (tertiary/aromatic N) is 1. The molecule has 4 nitrogen and oxygen atoms in total. The minimum atomic E-state index is -0.239. The van der Waals surface area contributed by atoms with Crippen LogP contribution in [0.25, 0.3) is 0 Å². The number of carbonyl (C=O) groups is 1. The number of furan rings is 1. The quantitative estimate of drug-likeness (QED) is 0.633. The summed E-state index contributed by atoms with van der Waals surface area (Å²) in [5, 5.41) is 3.24. The number of benzene rings is 2. The van der Waals surface area contributed by atoms with Gasteiger partial charge in [-0.05, 0) is 42.5 Å². The van der Waals surface area contributed by atoms with Gasteiger partial charge in [-0.25, -0.2) is 4.79 Å². The summed E-state index contributed by atoms with van der Waals surface area (Å²) in [6, 6.07) is 18.4. The fraction of sp³-hybridized carbons (Fsp3) is 0.0556. The Morgan fingerprint density at radius 3 is 2.79 bits per heavy atom. The van der Waals surface area contributed by atoms with Crippen molar-refractivity contribution in [2.24, 2.45) is 0 Å². The van der Waals surface area contributed by atoms with E-state index in [0.717, 1.165) is 16.3 Å². The van der Waals surface area contributed by atoms with Crippen LogP contribution in [0.5, 0.6) is 0 Å². The van der Waals surface area contributed by atoms with Crippen molar-refractivity contribution < 1.29 is 9.21 Å². The highest BCUT2D eigenvalue weighted by molar-refractivity contribution is 8.00. The molecule has 0 bridgehead atoms. The van der Waals surface area contributed by atoms with E-state index in [-0.39, 0.29) is 11.4 Å². The summed E-state index contributed by atoms with van der Waals surface area (Å²) in [5.41, 5.74) is 1.52. The van der Waals surface area contributed by atoms with Gasteiger partial charge in [0.1, 0.15) is 11.1 Å². The minimum Gasteiger partial charge on any atom is -0.466 e. The van der Waals surface area contributed by atoms with Crippen molar-refractivity contribution in [1.29, 1.82) is 0 Å². The van der Waals surface area contributed by atoms with Crippen LogP contribution < -0.4 is 10.2 Å². The lowest BCUT2D eigenvalue weighted by atomic mass is 10.2. The van der Waals surface area contributed by atoms with Crippen LogP contribution in [-0.4, -0.2) is 6.03 Å². The number of rotatable bonds is 2. The first kappa shape index (κ1) is 15.2. The van der Waals surface area contributed by atoms with Gasteiger partial charge < -0.3 is 9.73 Å². The van der Waals surface area contributed by atoms with Gasteiger partial charge in [-0.3, -0.25) is 4.90 Å². The number of hydrogen-bond acceptors (Lipinski definition) is 3. The van der Waals surface area contributed by atoms with E-state index in [4.69, 9.17) is 16.0 Å². The SMILES string of the molecule is O=C(Nc1cccc(Cl)c1)N1c2ccccc2S[C@@H]1c1ccco1. The van der Waals surface area contributed by atoms with Crippen molar-refractivity contribution in [1.82, 2.24) is 0 Å². The van der Waals surface area contributed by atoms with Crippen molar-refractivity contribution in [2.45, 2.75) is 10.3 Å². The van der Waals surface area contributed by atoms with E-state index in [1.54, 1.807) is 47.2 Å². The Morgan fingerprint density at radius 1 is 1.12 bits per heavy atom. The van der Waals surface area contributed by atoms with Gasteiger partial charge in [0.25, 0.3) is 0 Å². The molecule has 3 aromatic rings. The molecule has 0 saturated carbocycles. The molecule has 1 atom stereocenters. The maximum absolute atomic E-state index is 12.9. The van der Waals surface area contributed by atoms with Crippen LogP contribution in [0.15, 0.2) is 76.2 Å². The van der Waals surface area contributed by atoms with Gasteiger partial charge in [0.15, 0.2) is 0 Å². The first-order valence-electron chi connectivity index (χ1n) is 7.37. The predicted molar refractivity (Wildman–Crippen MR) is 96.7 cm³/mol. The Hall–Kier alpha value is -2.37. The number of carbonyl (C=O) groups excluding carboxylic acids is 1. The molecule has 1 aliphatic rings. The summed E-state index contributed by atoms with van der Waals surface area (Å²) in [6.45, 7) is 0. The Bertz CT molecular complexity index is 882. The fourth-order valence-electron chi connectivity index (χ4n) is 2.64. The number of anilines is 2. The second kappa shape index (κ2) is 6.26. The molecule has 2 heterocycles. The highest BCUT2D eigenvalue weighted by Crippen LogP contribution is 2.51. The molecule has 2 aromatic carbocycles. The second-order valence-electron chi connectivity index (χ2n) is 5.26. The molecule has 0 aliphatic carbocycles. The molecular formula is C18H13ClN2O2S. The molecule has 0 radical (unpaired) electrons. The third kappa shape index (κ3) is 2.77. The van der Waals surface area contributed by atoms with Crippen LogP contribution in [0.3, 0.4) is 0 Å². The van der Waals surface area contributed by atoms with Crippen molar-refractivity contribution in [2.75, 3.05) is 10.2 Å². The number of para-hydroxylation sites is 1. The van der Waals surface area contributed by atoms with Crippen LogP contribution in [0.1, 0.15) is 11.1 Å². The average molecular weight is 357 g/mol. The lowest BCUT2D eigenvalue weighted by Crippen LogP contribution is -2.34. The highest BCUT2D eigenvalue weighted by Gasteiger charge is 2.37. The lowest BCUT2D eigenvalue weighted by molar-refractivity contribution is 0.256. The van der Waals surface area contributed by atoms with E-state index in [0.29, 0.717) is 10.7 Å². The second-order valence-corrected chi connectivity index (χ2v) is 6.82. The number of thioether (sulfide) groups is 1. The number of fused-ring (bicyclic) bond motifs is 1. The Labute approximate surface area is 148 Å². The third-order valence-corrected chi connectivity index (χ3v) is 5.18. The summed E-state index contributed by atoms with van der Waals surface area (Å²) >= 11 is 7.58. The molecular weight excluding hydrogens is 344 g/mol. The standard InChI is InChI=1S/C18H13ClN2O2S/c19-12-5-3-6-13(11-12)20-18(22)21-14-7-1-2-9-16(14)24-17(21)15-8-4-10-23-15/h1-11,17H,(H,20,22)/t17-/m1/s1. The first-order valence-corrected chi connectivity index (χ1v) is 8.63. The summed E-state index contributed by atoms with van der Waals surface area (Å²) in [5.74, 6) is 0.734. The van der Waals surface area contributed by atoms with Crippen molar-refractivity contribution >= 4 is 40.8 Å². The summed E-state index contributed by atoms with van der Waals surface area (Å²) in [6.07, 6.45) is 1.62. The monoisotopic (exact) mass is 356 g/mol. The number of hydrogen-bond donors (Lipinski definition) is 1. The number of urea groups is 1. The molecule has 0 saturated heterocycles. The zero-order valence-electron chi connectivity index (χ0n) is 12.5. The first-order chi connectivity index (χ1) is 11.7. The molecule has 0 spiro atoms. The van der Waals surface area contributed by atoms with Gasteiger partial charge in [-0.1, -0.05) is 41.6 Å². The molecule has 24 heavy (non-hydrogen) atoms. The lowest BCUT2D eigenvalue weighted by Gasteiger charge is -2.23. The zero-order chi connectivity index (χ0) is 16.5. The van der Waals surface area contributed by atoms with Crippen molar-refractivity contribution in [3.8, 4) is 0 Å². The Kier molecular flexibility index (Phi) is 3.96. The van der Waals surface area contributed by atoms with E-state index in [9.17, 15) is 4.79 Å². The fourth-order valence-corrected chi connectivity index (χ4v) is 4.08. The maximum atomic E-state index is 12.9. The highest BCUT2D eigenvalue weighted by atomic mass is 35.5. The molecule has 1 N–H and O–H groups in total. The Balaban J connectivity index is 1.68. The topological polar surface area (TPSA) is 45.5 Å². The molecule has 1 aliphatic heterocycles. The van der Waals surface area contributed by atoms with Crippen molar-refractivity contribution in [3.63, 3.8) is 0 Å². The van der Waals surface area contributed by atoms with Gasteiger partial charge in [0.2, 0.25) is 0 Å². The molecule has 0 unspecified atom stereocenters. The van der Waals surface area contributed by atoms with Gasteiger partial charge in [0.05, 0.1) is 12.0 Å². The number of halogens is 1. The molecule has 1 aromatic heterocycles. The van der Waals surface area contributed by atoms with E-state index in [2.05, 4.69) is 5.32 Å². The molecule has 0 fully saturated rings. The summed E-state index contributed by atoms with van der Waals surface area (Å²) in [7, 11) is 0. The predicted octanol–water partition coefficient (Wildman–Crippen LogP) is 5.78. The molecule has 120 valence electrons. The van der Waals surface area contributed by atoms with Gasteiger partial charge >= 0.3 is 6.03 Å². The largest absolute Gasteiger partial charge is 0.466 e. The van der Waals surface area contributed by atoms with Gasteiger partial charge in [0, 0.05) is 15.6 Å². The summed E-state index contributed by atoms with van der Waals surface area (Å²) in [4.78, 5) is 15.7. The van der Waals surface area contributed by atoms with Crippen LogP contribution in [0.2, 0.25) is 5.02 Å². The smallest absolute Gasteiger partial charge is 0.327 e. The Morgan fingerprint density at radius 2 is 2.00 bits per heavy atom.